The highest BCUT2D eigenvalue weighted by Crippen LogP contribution is 2.20. The molecule has 3 aromatic rings. The molecule has 36 heavy (non-hydrogen) atoms. The molecule has 188 valence electrons. The van der Waals surface area contributed by atoms with Crippen LogP contribution in [0.3, 0.4) is 0 Å². The van der Waals surface area contributed by atoms with E-state index in [1.165, 1.54) is 17.7 Å². The number of nitrogens with zero attached hydrogens (tertiary/aromatic N) is 2. The van der Waals surface area contributed by atoms with Gasteiger partial charge in [-0.1, -0.05) is 60.2 Å². The van der Waals surface area contributed by atoms with Gasteiger partial charge in [-0.2, -0.15) is 0 Å². The van der Waals surface area contributed by atoms with Crippen molar-refractivity contribution in [3.8, 4) is 5.75 Å². The molecule has 1 aliphatic heterocycles. The lowest BCUT2D eigenvalue weighted by molar-refractivity contribution is -0.135. The lowest BCUT2D eigenvalue weighted by atomic mass is 10.2. The van der Waals surface area contributed by atoms with Crippen molar-refractivity contribution >= 4 is 27.7 Å². The van der Waals surface area contributed by atoms with E-state index in [4.69, 9.17) is 4.74 Å². The zero-order valence-electron chi connectivity index (χ0n) is 20.3. The average Bonchev–Trinajstić information content (AvgIpc) is 2.90. The number of piperazine rings is 1. The Hall–Kier alpha value is -3.62. The van der Waals surface area contributed by atoms with Crippen LogP contribution in [0, 0.1) is 6.92 Å². The first-order valence-electron chi connectivity index (χ1n) is 11.9. The summed E-state index contributed by atoms with van der Waals surface area (Å²) in [5.41, 5.74) is 2.72. The molecule has 0 unspecified atom stereocenters. The van der Waals surface area contributed by atoms with Gasteiger partial charge in [0.05, 0.1) is 4.90 Å². The van der Waals surface area contributed by atoms with E-state index in [0.29, 0.717) is 24.5 Å². The molecule has 3 aromatic carbocycles. The molecule has 1 N–H and O–H groups in total. The summed E-state index contributed by atoms with van der Waals surface area (Å²) < 4.78 is 33.4. The number of aryl methyl sites for hydroxylation is 1. The van der Waals surface area contributed by atoms with Gasteiger partial charge in [-0.25, -0.2) is 8.42 Å². The van der Waals surface area contributed by atoms with E-state index in [1.807, 2.05) is 42.2 Å². The van der Waals surface area contributed by atoms with Gasteiger partial charge in [0.2, 0.25) is 0 Å². The van der Waals surface area contributed by atoms with Crippen molar-refractivity contribution in [3.05, 3.63) is 96.1 Å². The van der Waals surface area contributed by atoms with Crippen molar-refractivity contribution in [3.63, 3.8) is 0 Å². The van der Waals surface area contributed by atoms with Crippen LogP contribution in [0.2, 0.25) is 0 Å². The molecule has 0 aromatic heterocycles. The van der Waals surface area contributed by atoms with Gasteiger partial charge in [-0.3, -0.25) is 14.4 Å². The molecule has 0 bridgehead atoms. The molecule has 0 spiro atoms. The van der Waals surface area contributed by atoms with Crippen LogP contribution >= 0.6 is 0 Å². The van der Waals surface area contributed by atoms with E-state index in [1.54, 1.807) is 24.3 Å². The maximum Gasteiger partial charge on any atom is 0.261 e. The molecule has 0 radical (unpaired) electrons. The third-order valence-corrected chi connectivity index (χ3v) is 7.40. The average molecular weight is 506 g/mol. The molecular weight excluding hydrogens is 474 g/mol. The normalized spacial score (nSPS) is 14.6. The Morgan fingerprint density at radius 3 is 2.25 bits per heavy atom. The minimum Gasteiger partial charge on any atom is -0.484 e. The lowest BCUT2D eigenvalue weighted by Crippen LogP contribution is -2.49. The second-order valence-electron chi connectivity index (χ2n) is 8.73. The molecule has 0 aliphatic carbocycles. The van der Waals surface area contributed by atoms with Gasteiger partial charge in [0.25, 0.3) is 15.9 Å². The molecule has 4 rings (SSSR count). The first-order valence-corrected chi connectivity index (χ1v) is 13.4. The Morgan fingerprint density at radius 1 is 0.917 bits per heavy atom. The number of carbonyl (C=O) groups is 1. The monoisotopic (exact) mass is 505 g/mol. The largest absolute Gasteiger partial charge is 0.484 e. The summed E-state index contributed by atoms with van der Waals surface area (Å²) in [7, 11) is -3.71. The maximum atomic E-state index is 12.6. The highest BCUT2D eigenvalue weighted by atomic mass is 32.2. The van der Waals surface area contributed by atoms with Crippen LogP contribution in [0.5, 0.6) is 5.75 Å². The van der Waals surface area contributed by atoms with Crippen LogP contribution in [0.15, 0.2) is 89.8 Å². The van der Waals surface area contributed by atoms with Crippen LogP contribution in [0.4, 0.5) is 5.69 Å². The summed E-state index contributed by atoms with van der Waals surface area (Å²) in [6, 6.07) is 23.4. The van der Waals surface area contributed by atoms with E-state index >= 15 is 0 Å². The summed E-state index contributed by atoms with van der Waals surface area (Å²) in [5, 5.41) is 0. The molecule has 1 saturated heterocycles. The minimum atomic E-state index is -3.71. The van der Waals surface area contributed by atoms with Gasteiger partial charge < -0.3 is 9.64 Å². The van der Waals surface area contributed by atoms with Crippen LogP contribution in [-0.2, 0) is 14.8 Å². The fourth-order valence-electron chi connectivity index (χ4n) is 3.87. The van der Waals surface area contributed by atoms with E-state index in [-0.39, 0.29) is 17.4 Å². The minimum absolute atomic E-state index is 0.0767. The standard InChI is InChI=1S/C28H31N3O4S/c1-23-9-11-25(12-10-23)29-36(33,34)27-15-13-26(14-16-27)35-22-28(32)31-20-18-30(19-21-31)17-5-8-24-6-3-2-4-7-24/h2-16,29H,17-22H2,1H3/b8-5+. The van der Waals surface area contributed by atoms with E-state index in [2.05, 4.69) is 33.9 Å². The molecule has 8 heteroatoms. The molecule has 0 atom stereocenters. The fraction of sp³-hybridized carbons (Fsp3) is 0.250. The van der Waals surface area contributed by atoms with Crippen molar-refractivity contribution in [2.24, 2.45) is 0 Å². The highest BCUT2D eigenvalue weighted by molar-refractivity contribution is 7.92. The predicted octanol–water partition coefficient (Wildman–Crippen LogP) is 4.03. The number of hydrogen-bond donors (Lipinski definition) is 1. The first kappa shape index (κ1) is 25.5. The van der Waals surface area contributed by atoms with Gasteiger partial charge in [-0.15, -0.1) is 0 Å². The molecule has 0 saturated carbocycles. The van der Waals surface area contributed by atoms with Gasteiger partial charge in [0.1, 0.15) is 5.75 Å². The van der Waals surface area contributed by atoms with Crippen LogP contribution in [-0.4, -0.2) is 63.5 Å². The molecule has 7 nitrogen and oxygen atoms in total. The Balaban J connectivity index is 1.21. The molecule has 1 heterocycles. The number of carbonyl (C=O) groups excluding carboxylic acids is 1. The summed E-state index contributed by atoms with van der Waals surface area (Å²) in [5.74, 6) is 0.370. The summed E-state index contributed by atoms with van der Waals surface area (Å²) in [4.78, 5) is 16.8. The lowest BCUT2D eigenvalue weighted by Gasteiger charge is -2.34. The summed E-state index contributed by atoms with van der Waals surface area (Å²) >= 11 is 0. The number of amides is 1. The Morgan fingerprint density at radius 2 is 1.58 bits per heavy atom. The predicted molar refractivity (Wildman–Crippen MR) is 142 cm³/mol. The second-order valence-corrected chi connectivity index (χ2v) is 10.4. The zero-order chi connectivity index (χ0) is 25.4. The number of rotatable bonds is 9. The second kappa shape index (κ2) is 11.9. The molecule has 1 fully saturated rings. The van der Waals surface area contributed by atoms with Crippen LogP contribution in [0.25, 0.3) is 6.08 Å². The summed E-state index contributed by atoms with van der Waals surface area (Å²) in [6.45, 7) is 5.64. The topological polar surface area (TPSA) is 78.9 Å². The van der Waals surface area contributed by atoms with Gasteiger partial charge in [0, 0.05) is 38.4 Å². The zero-order valence-corrected chi connectivity index (χ0v) is 21.2. The number of ether oxygens (including phenoxy) is 1. The van der Waals surface area contributed by atoms with Crippen molar-refractivity contribution in [1.82, 2.24) is 9.80 Å². The SMILES string of the molecule is Cc1ccc(NS(=O)(=O)c2ccc(OCC(=O)N3CCN(C/C=C/c4ccccc4)CC3)cc2)cc1. The van der Waals surface area contributed by atoms with Gasteiger partial charge >= 0.3 is 0 Å². The quantitative estimate of drug-likeness (QED) is 0.475. The number of sulfonamides is 1. The van der Waals surface area contributed by atoms with E-state index in [9.17, 15) is 13.2 Å². The molecular formula is C28H31N3O4S. The molecule has 1 amide bonds. The maximum absolute atomic E-state index is 12.6. The smallest absolute Gasteiger partial charge is 0.261 e. The third-order valence-electron chi connectivity index (χ3n) is 6.00. The summed E-state index contributed by atoms with van der Waals surface area (Å²) in [6.07, 6.45) is 4.26. The van der Waals surface area contributed by atoms with Crippen molar-refractivity contribution in [1.29, 1.82) is 0 Å². The van der Waals surface area contributed by atoms with Crippen molar-refractivity contribution < 1.29 is 17.9 Å². The van der Waals surface area contributed by atoms with E-state index < -0.39 is 10.0 Å². The van der Waals surface area contributed by atoms with Gasteiger partial charge in [-0.05, 0) is 48.9 Å². The first-order chi connectivity index (χ1) is 17.4. The van der Waals surface area contributed by atoms with E-state index in [0.717, 1.165) is 25.2 Å². The molecule has 1 aliphatic rings. The highest BCUT2D eigenvalue weighted by Gasteiger charge is 2.21. The Kier molecular flexibility index (Phi) is 8.40. The third kappa shape index (κ3) is 7.19. The van der Waals surface area contributed by atoms with Crippen LogP contribution < -0.4 is 9.46 Å². The van der Waals surface area contributed by atoms with Crippen molar-refractivity contribution in [2.75, 3.05) is 44.1 Å². The number of anilines is 1. The number of nitrogens with one attached hydrogen (secondary N) is 1. The Bertz CT molecular complexity index is 1270. The Labute approximate surface area is 213 Å². The van der Waals surface area contributed by atoms with Crippen molar-refractivity contribution in [2.45, 2.75) is 11.8 Å². The fourth-order valence-corrected chi connectivity index (χ4v) is 4.93. The number of hydrogen-bond acceptors (Lipinski definition) is 5. The van der Waals surface area contributed by atoms with Crippen LogP contribution in [0.1, 0.15) is 11.1 Å². The number of benzene rings is 3. The van der Waals surface area contributed by atoms with Gasteiger partial charge in [0.15, 0.2) is 6.61 Å².